The highest BCUT2D eigenvalue weighted by atomic mass is 32.1. The van der Waals surface area contributed by atoms with E-state index in [1.54, 1.807) is 11.8 Å². The maximum atomic E-state index is 12.1. The van der Waals surface area contributed by atoms with Crippen molar-refractivity contribution < 1.29 is 14.6 Å². The Morgan fingerprint density at radius 1 is 1.43 bits per heavy atom. The molecule has 1 fully saturated rings. The van der Waals surface area contributed by atoms with E-state index in [0.29, 0.717) is 13.1 Å². The lowest BCUT2D eigenvalue weighted by Gasteiger charge is -2.32. The number of nitrogens with zero attached hydrogens (tertiary/aromatic N) is 3. The number of aliphatic hydroxyl groups excluding tert-OH is 1. The predicted octanol–water partition coefficient (Wildman–Crippen LogP) is 2.44. The van der Waals surface area contributed by atoms with Crippen molar-refractivity contribution in [3.8, 4) is 0 Å². The van der Waals surface area contributed by atoms with Gasteiger partial charge in [0.2, 0.25) is 0 Å². The Bertz CT molecular complexity index is 605. The number of carbonyl (C=O) groups excluding carboxylic acids is 1. The molecule has 1 amide bonds. The van der Waals surface area contributed by atoms with Crippen LogP contribution in [0.4, 0.5) is 4.79 Å². The van der Waals surface area contributed by atoms with Gasteiger partial charge in [-0.1, -0.05) is 11.3 Å². The van der Waals surface area contributed by atoms with E-state index in [9.17, 15) is 9.90 Å². The van der Waals surface area contributed by atoms with Gasteiger partial charge in [-0.2, -0.15) is 0 Å². The Kier molecular flexibility index (Phi) is 5.52. The molecule has 7 heteroatoms. The van der Waals surface area contributed by atoms with E-state index in [2.05, 4.69) is 0 Å². The van der Waals surface area contributed by atoms with Crippen molar-refractivity contribution in [2.75, 3.05) is 13.1 Å². The van der Waals surface area contributed by atoms with Gasteiger partial charge in [0.05, 0.1) is 17.0 Å². The van der Waals surface area contributed by atoms with Crippen LogP contribution >= 0.6 is 11.3 Å². The summed E-state index contributed by atoms with van der Waals surface area (Å²) < 4.78 is 7.36. The summed E-state index contributed by atoms with van der Waals surface area (Å²) in [5, 5.41) is 9.65. The van der Waals surface area contributed by atoms with E-state index in [-0.39, 0.29) is 12.1 Å². The molecule has 23 heavy (non-hydrogen) atoms. The lowest BCUT2D eigenvalue weighted by atomic mass is 10.1. The minimum Gasteiger partial charge on any atom is -0.444 e. The standard InChI is InChI=1S/C16H27N3O3S/c1-11(20)13-10-18(5)14(23-13)17-12-6-8-19(9-7-12)15(21)22-16(2,3)4/h10-12,20H,6-9H2,1-5H3. The molecule has 130 valence electrons. The summed E-state index contributed by atoms with van der Waals surface area (Å²) in [6.45, 7) is 8.73. The zero-order valence-corrected chi connectivity index (χ0v) is 15.4. The molecular formula is C16H27N3O3S. The molecule has 1 aliphatic heterocycles. The van der Waals surface area contributed by atoms with Gasteiger partial charge in [-0.25, -0.2) is 4.79 Å². The molecule has 0 aliphatic carbocycles. The van der Waals surface area contributed by atoms with Crippen molar-refractivity contribution in [1.82, 2.24) is 9.47 Å². The summed E-state index contributed by atoms with van der Waals surface area (Å²) in [5.74, 6) is 0. The zero-order chi connectivity index (χ0) is 17.2. The van der Waals surface area contributed by atoms with Gasteiger partial charge in [0.15, 0.2) is 4.80 Å². The average molecular weight is 341 g/mol. The van der Waals surface area contributed by atoms with E-state index in [1.165, 1.54) is 11.3 Å². The van der Waals surface area contributed by atoms with Crippen molar-refractivity contribution in [2.45, 2.75) is 58.3 Å². The van der Waals surface area contributed by atoms with Crippen LogP contribution in [-0.4, -0.2) is 45.4 Å². The molecule has 2 heterocycles. The van der Waals surface area contributed by atoms with Gasteiger partial charge < -0.3 is 19.3 Å². The molecule has 0 aromatic carbocycles. The molecule has 1 aromatic heterocycles. The highest BCUT2D eigenvalue weighted by Gasteiger charge is 2.26. The van der Waals surface area contributed by atoms with Crippen molar-refractivity contribution >= 4 is 17.4 Å². The number of hydrogen-bond donors (Lipinski definition) is 1. The maximum absolute atomic E-state index is 12.1. The fourth-order valence-corrected chi connectivity index (χ4v) is 3.41. The Balaban J connectivity index is 1.97. The predicted molar refractivity (Wildman–Crippen MR) is 90.3 cm³/mol. The summed E-state index contributed by atoms with van der Waals surface area (Å²) >= 11 is 1.52. The Morgan fingerprint density at radius 2 is 2.04 bits per heavy atom. The summed E-state index contributed by atoms with van der Waals surface area (Å²) in [6.07, 6.45) is 2.88. The monoisotopic (exact) mass is 341 g/mol. The molecule has 1 unspecified atom stereocenters. The Morgan fingerprint density at radius 3 is 2.52 bits per heavy atom. The van der Waals surface area contributed by atoms with E-state index in [0.717, 1.165) is 22.5 Å². The average Bonchev–Trinajstić information content (AvgIpc) is 2.79. The highest BCUT2D eigenvalue weighted by molar-refractivity contribution is 7.09. The molecule has 1 saturated heterocycles. The normalized spacial score (nSPS) is 19.0. The first kappa shape index (κ1) is 18.0. The third-order valence-corrected chi connectivity index (χ3v) is 4.91. The fraction of sp³-hybridized carbons (Fsp3) is 0.750. The number of piperidine rings is 1. The van der Waals surface area contributed by atoms with Gasteiger partial charge in [-0.15, -0.1) is 0 Å². The second-order valence-electron chi connectivity index (χ2n) is 7.03. The van der Waals surface area contributed by atoms with Gasteiger partial charge in [0.1, 0.15) is 5.60 Å². The summed E-state index contributed by atoms with van der Waals surface area (Å²) in [7, 11) is 1.94. The first-order valence-electron chi connectivity index (χ1n) is 8.02. The van der Waals surface area contributed by atoms with Crippen LogP contribution in [0.25, 0.3) is 0 Å². The number of aromatic nitrogens is 1. The number of ether oxygens (including phenoxy) is 1. The van der Waals surface area contributed by atoms with Crippen LogP contribution in [0.1, 0.15) is 51.5 Å². The largest absolute Gasteiger partial charge is 0.444 e. The summed E-state index contributed by atoms with van der Waals surface area (Å²) in [5.41, 5.74) is -0.458. The number of thiazole rings is 1. The first-order chi connectivity index (χ1) is 10.7. The number of hydrogen-bond acceptors (Lipinski definition) is 5. The molecule has 6 nitrogen and oxygen atoms in total. The molecule has 2 rings (SSSR count). The topological polar surface area (TPSA) is 67.1 Å². The molecule has 1 aliphatic rings. The lowest BCUT2D eigenvalue weighted by molar-refractivity contribution is 0.0206. The minimum absolute atomic E-state index is 0.209. The number of aryl methyl sites for hydroxylation is 1. The molecule has 0 bridgehead atoms. The number of rotatable bonds is 2. The smallest absolute Gasteiger partial charge is 0.410 e. The van der Waals surface area contributed by atoms with Crippen LogP contribution in [0.3, 0.4) is 0 Å². The Hall–Kier alpha value is -1.34. The molecular weight excluding hydrogens is 314 g/mol. The summed E-state index contributed by atoms with van der Waals surface area (Å²) in [4.78, 5) is 20.4. The second-order valence-corrected chi connectivity index (χ2v) is 8.07. The van der Waals surface area contributed by atoms with Gasteiger partial charge in [0, 0.05) is 26.3 Å². The molecule has 1 N–H and O–H groups in total. The van der Waals surface area contributed by atoms with Crippen LogP contribution in [0.15, 0.2) is 11.2 Å². The van der Waals surface area contributed by atoms with E-state index in [4.69, 9.17) is 9.73 Å². The van der Waals surface area contributed by atoms with Gasteiger partial charge in [-0.3, -0.25) is 4.99 Å². The molecule has 1 aromatic rings. The first-order valence-corrected chi connectivity index (χ1v) is 8.83. The Labute approximate surface area is 141 Å². The highest BCUT2D eigenvalue weighted by Crippen LogP contribution is 2.18. The van der Waals surface area contributed by atoms with Crippen molar-refractivity contribution in [1.29, 1.82) is 0 Å². The van der Waals surface area contributed by atoms with E-state index < -0.39 is 11.7 Å². The van der Waals surface area contributed by atoms with Crippen molar-refractivity contribution in [3.05, 3.63) is 15.9 Å². The molecule has 0 spiro atoms. The zero-order valence-electron chi connectivity index (χ0n) is 14.6. The fourth-order valence-electron chi connectivity index (χ4n) is 2.42. The van der Waals surface area contributed by atoms with Crippen molar-refractivity contribution in [2.24, 2.45) is 12.0 Å². The number of carbonyl (C=O) groups is 1. The van der Waals surface area contributed by atoms with Crippen LogP contribution < -0.4 is 4.80 Å². The van der Waals surface area contributed by atoms with Gasteiger partial charge >= 0.3 is 6.09 Å². The maximum Gasteiger partial charge on any atom is 0.410 e. The van der Waals surface area contributed by atoms with Gasteiger partial charge in [-0.05, 0) is 40.5 Å². The van der Waals surface area contributed by atoms with E-state index >= 15 is 0 Å². The quantitative estimate of drug-likeness (QED) is 0.898. The molecule has 0 radical (unpaired) electrons. The number of likely N-dealkylation sites (tertiary alicyclic amines) is 1. The third kappa shape index (κ3) is 5.07. The van der Waals surface area contributed by atoms with Crippen LogP contribution in [-0.2, 0) is 11.8 Å². The lowest BCUT2D eigenvalue weighted by Crippen LogP contribution is -2.42. The molecule has 1 atom stereocenters. The van der Waals surface area contributed by atoms with Crippen LogP contribution in [0, 0.1) is 0 Å². The SMILES string of the molecule is CC(O)c1cn(C)c(=NC2CCN(C(=O)OC(C)(C)C)CC2)s1. The van der Waals surface area contributed by atoms with Gasteiger partial charge in [0.25, 0.3) is 0 Å². The third-order valence-electron chi connectivity index (χ3n) is 3.65. The van der Waals surface area contributed by atoms with Crippen LogP contribution in [0.5, 0.6) is 0 Å². The summed E-state index contributed by atoms with van der Waals surface area (Å²) in [6, 6.07) is 0.209. The number of amides is 1. The molecule has 0 saturated carbocycles. The van der Waals surface area contributed by atoms with E-state index in [1.807, 2.05) is 38.6 Å². The minimum atomic E-state index is -0.468. The van der Waals surface area contributed by atoms with Crippen LogP contribution in [0.2, 0.25) is 0 Å². The number of aliphatic hydroxyl groups is 1. The second kappa shape index (κ2) is 7.05. The van der Waals surface area contributed by atoms with Crippen molar-refractivity contribution in [3.63, 3.8) is 0 Å².